The van der Waals surface area contributed by atoms with Crippen LogP contribution in [-0.4, -0.2) is 37.2 Å². The molecule has 1 unspecified atom stereocenters. The second kappa shape index (κ2) is 59.8. The number of hydrogen-bond donors (Lipinski definition) is 0. The van der Waals surface area contributed by atoms with Crippen molar-refractivity contribution in [3.63, 3.8) is 0 Å². The number of hydrogen-bond acceptors (Lipinski definition) is 6. The Kier molecular flexibility index (Phi) is 56.0. The highest BCUT2D eigenvalue weighted by atomic mass is 16.6. The van der Waals surface area contributed by atoms with Crippen LogP contribution in [0.2, 0.25) is 0 Å². The standard InChI is InChI=1S/C67H106O6/c1-4-7-10-13-16-19-21-23-25-27-29-30-31-32-33-34-35-36-38-39-41-43-45-48-51-54-57-60-66(69)72-63-64(62-71-65(68)59-56-53-50-47-18-15-12-9-6-3)73-67(70)61-58-55-52-49-46-44-42-40-37-28-26-24-22-20-17-14-11-8-5-2/h7-8,10-11,16-17,19-20,23-26,29-30,32-33,35-37,40,44,46,52,55,64H,4-6,9,12-15,18,21-22,27-28,31,34,38-39,41-43,45,47-51,53-54,56-63H2,1-3H3/b10-7-,11-8-,19-16-,20-17-,25-23-,26-24-,30-29-,33-32-,36-35-,40-37-,46-44-,55-52-. The molecule has 0 saturated heterocycles. The van der Waals surface area contributed by atoms with Crippen molar-refractivity contribution in [2.75, 3.05) is 13.2 Å². The first kappa shape index (κ1) is 68.3. The predicted octanol–water partition coefficient (Wildman–Crippen LogP) is 20.0. The molecular formula is C67H106O6. The van der Waals surface area contributed by atoms with E-state index in [2.05, 4.69) is 154 Å². The zero-order valence-electron chi connectivity index (χ0n) is 46.8. The molecule has 0 aromatic rings. The maximum atomic E-state index is 12.8. The van der Waals surface area contributed by atoms with Gasteiger partial charge in [-0.25, -0.2) is 0 Å². The Morgan fingerprint density at radius 3 is 0.890 bits per heavy atom. The van der Waals surface area contributed by atoms with Crippen LogP contribution in [0.4, 0.5) is 0 Å². The molecule has 6 nitrogen and oxygen atoms in total. The molecule has 0 fully saturated rings. The Morgan fingerprint density at radius 2 is 0.562 bits per heavy atom. The molecule has 410 valence electrons. The normalized spacial score (nSPS) is 13.2. The third kappa shape index (κ3) is 58.1. The highest BCUT2D eigenvalue weighted by Crippen LogP contribution is 2.14. The van der Waals surface area contributed by atoms with Crippen molar-refractivity contribution in [2.24, 2.45) is 0 Å². The molecule has 0 saturated carbocycles. The molecule has 0 aliphatic rings. The van der Waals surface area contributed by atoms with Gasteiger partial charge >= 0.3 is 17.9 Å². The summed E-state index contributed by atoms with van der Waals surface area (Å²) >= 11 is 0. The van der Waals surface area contributed by atoms with Gasteiger partial charge in [0.05, 0.1) is 0 Å². The third-order valence-electron chi connectivity index (χ3n) is 11.9. The molecule has 0 radical (unpaired) electrons. The van der Waals surface area contributed by atoms with Gasteiger partial charge < -0.3 is 14.2 Å². The first-order valence-electron chi connectivity index (χ1n) is 29.3. The second-order valence-electron chi connectivity index (χ2n) is 18.8. The van der Waals surface area contributed by atoms with Crippen LogP contribution in [0.3, 0.4) is 0 Å². The van der Waals surface area contributed by atoms with Gasteiger partial charge in [0.15, 0.2) is 6.10 Å². The molecule has 0 aliphatic heterocycles. The summed E-state index contributed by atoms with van der Waals surface area (Å²) in [4.78, 5) is 38.0. The fraction of sp³-hybridized carbons (Fsp3) is 0.597. The van der Waals surface area contributed by atoms with Gasteiger partial charge in [-0.05, 0) is 109 Å². The van der Waals surface area contributed by atoms with Crippen LogP contribution in [-0.2, 0) is 28.6 Å². The van der Waals surface area contributed by atoms with Gasteiger partial charge in [0.25, 0.3) is 0 Å². The molecule has 0 heterocycles. The molecule has 0 rings (SSSR count). The first-order valence-corrected chi connectivity index (χ1v) is 29.3. The molecule has 0 bridgehead atoms. The molecule has 0 aromatic carbocycles. The number of carbonyl (C=O) groups is 3. The van der Waals surface area contributed by atoms with E-state index in [0.717, 1.165) is 122 Å². The monoisotopic (exact) mass is 1010 g/mol. The number of esters is 3. The lowest BCUT2D eigenvalue weighted by Gasteiger charge is -2.18. The Morgan fingerprint density at radius 1 is 0.288 bits per heavy atom. The molecule has 73 heavy (non-hydrogen) atoms. The first-order chi connectivity index (χ1) is 36.0. The van der Waals surface area contributed by atoms with E-state index in [0.29, 0.717) is 19.3 Å². The summed E-state index contributed by atoms with van der Waals surface area (Å²) in [5.41, 5.74) is 0. The zero-order valence-corrected chi connectivity index (χ0v) is 46.8. The van der Waals surface area contributed by atoms with E-state index < -0.39 is 12.1 Å². The minimum atomic E-state index is -0.826. The molecule has 0 amide bonds. The fourth-order valence-electron chi connectivity index (χ4n) is 7.53. The summed E-state index contributed by atoms with van der Waals surface area (Å²) < 4.78 is 16.7. The van der Waals surface area contributed by atoms with E-state index in [4.69, 9.17) is 14.2 Å². The second-order valence-corrected chi connectivity index (χ2v) is 18.8. The van der Waals surface area contributed by atoms with Gasteiger partial charge in [0.1, 0.15) is 13.2 Å². The minimum absolute atomic E-state index is 0.115. The quantitative estimate of drug-likeness (QED) is 0.0261. The Bertz CT molecular complexity index is 1630. The Hall–Kier alpha value is -4.71. The van der Waals surface area contributed by atoms with Gasteiger partial charge in [0.2, 0.25) is 0 Å². The molecule has 1 atom stereocenters. The Labute approximate surface area is 448 Å². The van der Waals surface area contributed by atoms with Crippen LogP contribution in [0, 0.1) is 0 Å². The topological polar surface area (TPSA) is 78.9 Å². The van der Waals surface area contributed by atoms with Gasteiger partial charge in [0, 0.05) is 19.3 Å². The van der Waals surface area contributed by atoms with E-state index in [-0.39, 0.29) is 31.6 Å². The van der Waals surface area contributed by atoms with Crippen molar-refractivity contribution in [3.05, 3.63) is 146 Å². The summed E-state index contributed by atoms with van der Waals surface area (Å²) in [6, 6.07) is 0. The van der Waals surface area contributed by atoms with Gasteiger partial charge in [-0.15, -0.1) is 0 Å². The summed E-state index contributed by atoms with van der Waals surface area (Å²) in [6.45, 7) is 6.31. The Balaban J connectivity index is 4.38. The predicted molar refractivity (Wildman–Crippen MR) is 315 cm³/mol. The van der Waals surface area contributed by atoms with Crippen molar-refractivity contribution < 1.29 is 28.6 Å². The van der Waals surface area contributed by atoms with Crippen LogP contribution in [0.15, 0.2) is 146 Å². The lowest BCUT2D eigenvalue weighted by Crippen LogP contribution is -2.30. The maximum absolute atomic E-state index is 12.8. The third-order valence-corrected chi connectivity index (χ3v) is 11.9. The van der Waals surface area contributed by atoms with E-state index in [1.54, 1.807) is 0 Å². The zero-order chi connectivity index (χ0) is 52.9. The van der Waals surface area contributed by atoms with Gasteiger partial charge in [-0.3, -0.25) is 14.4 Å². The summed E-state index contributed by atoms with van der Waals surface area (Å²) in [5.74, 6) is -1.02. The lowest BCUT2D eigenvalue weighted by atomic mass is 10.1. The van der Waals surface area contributed by atoms with Crippen molar-refractivity contribution in [1.82, 2.24) is 0 Å². The van der Waals surface area contributed by atoms with E-state index in [1.807, 2.05) is 12.2 Å². The molecule has 6 heteroatoms. The number of carbonyl (C=O) groups excluding carboxylic acids is 3. The van der Waals surface area contributed by atoms with Gasteiger partial charge in [-0.2, -0.15) is 0 Å². The average Bonchev–Trinajstić information content (AvgIpc) is 3.39. The van der Waals surface area contributed by atoms with E-state index in [9.17, 15) is 14.4 Å². The summed E-state index contributed by atoms with van der Waals surface area (Å²) in [7, 11) is 0. The largest absolute Gasteiger partial charge is 0.462 e. The maximum Gasteiger partial charge on any atom is 0.306 e. The highest BCUT2D eigenvalue weighted by molar-refractivity contribution is 5.71. The van der Waals surface area contributed by atoms with Crippen molar-refractivity contribution in [1.29, 1.82) is 0 Å². The SMILES string of the molecule is CC/C=C\C/C=C\C/C=C\C/C=C\C/C=C\C/C=C\CCCCCCCCCCC(=O)OCC(COC(=O)CCCCCCCCCCC)OC(=O)CC/C=C\C/C=C\C/C=C\C/C=C\C/C=C\C/C=C\CC. The van der Waals surface area contributed by atoms with E-state index >= 15 is 0 Å². The average molecular weight is 1010 g/mol. The molecular weight excluding hydrogens is 901 g/mol. The van der Waals surface area contributed by atoms with E-state index in [1.165, 1.54) is 70.6 Å². The molecule has 0 aromatic heterocycles. The van der Waals surface area contributed by atoms with Gasteiger partial charge in [-0.1, -0.05) is 256 Å². The van der Waals surface area contributed by atoms with Crippen LogP contribution in [0.25, 0.3) is 0 Å². The summed E-state index contributed by atoms with van der Waals surface area (Å²) in [6.07, 6.45) is 85.8. The smallest absolute Gasteiger partial charge is 0.306 e. The number of unbranched alkanes of at least 4 members (excludes halogenated alkanes) is 16. The lowest BCUT2D eigenvalue weighted by molar-refractivity contribution is -0.166. The fourth-order valence-corrected chi connectivity index (χ4v) is 7.53. The highest BCUT2D eigenvalue weighted by Gasteiger charge is 2.19. The van der Waals surface area contributed by atoms with Crippen molar-refractivity contribution in [2.45, 2.75) is 245 Å². The van der Waals surface area contributed by atoms with Crippen LogP contribution in [0.1, 0.15) is 239 Å². The number of allylic oxidation sites excluding steroid dienone is 24. The van der Waals surface area contributed by atoms with Crippen LogP contribution >= 0.6 is 0 Å². The summed E-state index contributed by atoms with van der Waals surface area (Å²) in [5, 5.41) is 0. The minimum Gasteiger partial charge on any atom is -0.462 e. The number of ether oxygens (including phenoxy) is 3. The molecule has 0 aliphatic carbocycles. The van der Waals surface area contributed by atoms with Crippen molar-refractivity contribution >= 4 is 17.9 Å². The van der Waals surface area contributed by atoms with Crippen LogP contribution < -0.4 is 0 Å². The van der Waals surface area contributed by atoms with Crippen LogP contribution in [0.5, 0.6) is 0 Å². The molecule has 0 N–H and O–H groups in total. The number of rotatable bonds is 51. The van der Waals surface area contributed by atoms with Crippen molar-refractivity contribution in [3.8, 4) is 0 Å². The molecule has 0 spiro atoms.